The minimum Gasteiger partial charge on any atom is -0.356 e. The lowest BCUT2D eigenvalue weighted by molar-refractivity contribution is 0.683. The van der Waals surface area contributed by atoms with E-state index in [1.54, 1.807) is 22.2 Å². The molecule has 0 fully saturated rings. The highest BCUT2D eigenvalue weighted by molar-refractivity contribution is 7.15. The molecule has 0 aliphatic heterocycles. The van der Waals surface area contributed by atoms with E-state index in [9.17, 15) is 0 Å². The number of aromatic nitrogens is 4. The zero-order valence-electron chi connectivity index (χ0n) is 9.64. The fraction of sp³-hybridized carbons (Fsp3) is 0.500. The van der Waals surface area contributed by atoms with Crippen molar-refractivity contribution in [3.63, 3.8) is 0 Å². The molecule has 5 nitrogen and oxygen atoms in total. The second-order valence-electron chi connectivity index (χ2n) is 3.92. The molecule has 2 rings (SSSR count). The number of nitrogens with zero attached hydrogens (tertiary/aromatic N) is 4. The van der Waals surface area contributed by atoms with Crippen LogP contribution in [-0.4, -0.2) is 20.0 Å². The molecule has 0 bridgehead atoms. The number of hydrogen-bond donors (Lipinski definition) is 1. The van der Waals surface area contributed by atoms with Gasteiger partial charge in [0.25, 0.3) is 0 Å². The maximum absolute atomic E-state index is 4.32. The van der Waals surface area contributed by atoms with Crippen LogP contribution in [0.4, 0.5) is 5.13 Å². The summed E-state index contributed by atoms with van der Waals surface area (Å²) in [7, 11) is 1.88. The lowest BCUT2D eigenvalue weighted by Gasteiger charge is -2.01. The summed E-state index contributed by atoms with van der Waals surface area (Å²) in [5.74, 6) is 0.534. The number of rotatable bonds is 4. The monoisotopic (exact) mass is 237 g/mol. The summed E-state index contributed by atoms with van der Waals surface area (Å²) in [5.41, 5.74) is 1.04. The molecule has 0 aromatic carbocycles. The Morgan fingerprint density at radius 3 is 2.81 bits per heavy atom. The van der Waals surface area contributed by atoms with Crippen LogP contribution in [0.1, 0.15) is 30.3 Å². The molecule has 0 saturated heterocycles. The SMILES string of the molecule is CC(C)c1cnc(NCc2cnnn2C)s1. The number of anilines is 1. The molecular weight excluding hydrogens is 222 g/mol. The topological polar surface area (TPSA) is 55.6 Å². The van der Waals surface area contributed by atoms with Gasteiger partial charge in [-0.2, -0.15) is 0 Å². The predicted molar refractivity (Wildman–Crippen MR) is 64.5 cm³/mol. The largest absolute Gasteiger partial charge is 0.356 e. The van der Waals surface area contributed by atoms with Crippen molar-refractivity contribution in [1.82, 2.24) is 20.0 Å². The highest BCUT2D eigenvalue weighted by Crippen LogP contribution is 2.25. The predicted octanol–water partition coefficient (Wildman–Crippen LogP) is 2.01. The Balaban J connectivity index is 1.97. The molecule has 2 heterocycles. The van der Waals surface area contributed by atoms with Crippen molar-refractivity contribution in [2.24, 2.45) is 7.05 Å². The zero-order valence-corrected chi connectivity index (χ0v) is 10.5. The van der Waals surface area contributed by atoms with Crippen molar-refractivity contribution < 1.29 is 0 Å². The summed E-state index contributed by atoms with van der Waals surface area (Å²) in [6.07, 6.45) is 3.68. The summed E-state index contributed by atoms with van der Waals surface area (Å²) in [5, 5.41) is 11.9. The van der Waals surface area contributed by atoms with E-state index in [2.05, 4.69) is 34.5 Å². The van der Waals surface area contributed by atoms with E-state index >= 15 is 0 Å². The Labute approximate surface area is 98.5 Å². The van der Waals surface area contributed by atoms with Gasteiger partial charge in [0.15, 0.2) is 5.13 Å². The number of hydrogen-bond acceptors (Lipinski definition) is 5. The second kappa shape index (κ2) is 4.61. The van der Waals surface area contributed by atoms with Gasteiger partial charge in [0, 0.05) is 18.1 Å². The van der Waals surface area contributed by atoms with Crippen LogP contribution in [0.2, 0.25) is 0 Å². The molecule has 0 atom stereocenters. The van der Waals surface area contributed by atoms with Crippen molar-refractivity contribution in [2.45, 2.75) is 26.3 Å². The number of nitrogens with one attached hydrogen (secondary N) is 1. The molecule has 0 amide bonds. The van der Waals surface area contributed by atoms with Gasteiger partial charge < -0.3 is 5.32 Å². The fourth-order valence-electron chi connectivity index (χ4n) is 1.27. The molecule has 86 valence electrons. The average Bonchev–Trinajstić information content (AvgIpc) is 2.83. The molecule has 0 unspecified atom stereocenters. The molecular formula is C10H15N5S. The minimum atomic E-state index is 0.534. The third kappa shape index (κ3) is 2.38. The molecule has 16 heavy (non-hydrogen) atoms. The molecule has 2 aromatic rings. The van der Waals surface area contributed by atoms with Crippen LogP contribution in [0, 0.1) is 0 Å². The second-order valence-corrected chi connectivity index (χ2v) is 4.99. The summed E-state index contributed by atoms with van der Waals surface area (Å²) in [6.45, 7) is 5.04. The van der Waals surface area contributed by atoms with E-state index in [4.69, 9.17) is 0 Å². The summed E-state index contributed by atoms with van der Waals surface area (Å²) < 4.78 is 1.75. The first-order valence-electron chi connectivity index (χ1n) is 5.20. The van der Waals surface area contributed by atoms with E-state index < -0.39 is 0 Å². The lowest BCUT2D eigenvalue weighted by atomic mass is 10.2. The average molecular weight is 237 g/mol. The van der Waals surface area contributed by atoms with Crippen LogP contribution < -0.4 is 5.32 Å². The standard InChI is InChI=1S/C10H15N5S/c1-7(2)9-6-12-10(16-9)11-4-8-5-13-14-15(8)3/h5-7H,4H2,1-3H3,(H,11,12). The highest BCUT2D eigenvalue weighted by Gasteiger charge is 2.06. The first-order valence-corrected chi connectivity index (χ1v) is 6.01. The van der Waals surface area contributed by atoms with Crippen LogP contribution in [0.15, 0.2) is 12.4 Å². The van der Waals surface area contributed by atoms with Crippen LogP contribution in [0.5, 0.6) is 0 Å². The third-order valence-corrected chi connectivity index (χ3v) is 3.58. The first-order chi connectivity index (χ1) is 7.66. The Hall–Kier alpha value is -1.43. The third-order valence-electron chi connectivity index (χ3n) is 2.32. The Bertz CT molecular complexity index is 459. The highest BCUT2D eigenvalue weighted by atomic mass is 32.1. The molecule has 0 saturated carbocycles. The van der Waals surface area contributed by atoms with Crippen LogP contribution in [0.3, 0.4) is 0 Å². The summed E-state index contributed by atoms with van der Waals surface area (Å²) >= 11 is 1.70. The van der Waals surface area contributed by atoms with E-state index in [0.717, 1.165) is 10.8 Å². The van der Waals surface area contributed by atoms with Gasteiger partial charge in [-0.15, -0.1) is 16.4 Å². The van der Waals surface area contributed by atoms with Crippen molar-refractivity contribution in [1.29, 1.82) is 0 Å². The van der Waals surface area contributed by atoms with E-state index in [1.165, 1.54) is 4.88 Å². The summed E-state index contributed by atoms with van der Waals surface area (Å²) in [6, 6.07) is 0. The van der Waals surface area contributed by atoms with Crippen molar-refractivity contribution in [3.05, 3.63) is 23.0 Å². The molecule has 6 heteroatoms. The number of aryl methyl sites for hydroxylation is 1. The quantitative estimate of drug-likeness (QED) is 0.883. The van der Waals surface area contributed by atoms with Gasteiger partial charge in [-0.3, -0.25) is 4.68 Å². The van der Waals surface area contributed by atoms with Gasteiger partial charge in [0.2, 0.25) is 0 Å². The van der Waals surface area contributed by atoms with Gasteiger partial charge in [-0.1, -0.05) is 19.1 Å². The van der Waals surface area contributed by atoms with E-state index in [-0.39, 0.29) is 0 Å². The van der Waals surface area contributed by atoms with Crippen LogP contribution >= 0.6 is 11.3 Å². The van der Waals surface area contributed by atoms with Crippen LogP contribution in [-0.2, 0) is 13.6 Å². The van der Waals surface area contributed by atoms with Gasteiger partial charge in [-0.05, 0) is 5.92 Å². The maximum Gasteiger partial charge on any atom is 0.183 e. The molecule has 0 spiro atoms. The molecule has 1 N–H and O–H groups in total. The van der Waals surface area contributed by atoms with Gasteiger partial charge in [0.05, 0.1) is 18.4 Å². The van der Waals surface area contributed by atoms with Crippen molar-refractivity contribution in [2.75, 3.05) is 5.32 Å². The minimum absolute atomic E-state index is 0.534. The normalized spacial score (nSPS) is 11.0. The zero-order chi connectivity index (χ0) is 11.5. The van der Waals surface area contributed by atoms with Crippen molar-refractivity contribution >= 4 is 16.5 Å². The lowest BCUT2D eigenvalue weighted by Crippen LogP contribution is -2.04. The summed E-state index contributed by atoms with van der Waals surface area (Å²) in [4.78, 5) is 5.62. The Kier molecular flexibility index (Phi) is 3.19. The van der Waals surface area contributed by atoms with Crippen LogP contribution in [0.25, 0.3) is 0 Å². The van der Waals surface area contributed by atoms with Gasteiger partial charge >= 0.3 is 0 Å². The van der Waals surface area contributed by atoms with Crippen molar-refractivity contribution in [3.8, 4) is 0 Å². The fourth-order valence-corrected chi connectivity index (χ4v) is 2.09. The molecule has 0 aliphatic carbocycles. The first kappa shape index (κ1) is 11.1. The molecule has 2 aromatic heterocycles. The maximum atomic E-state index is 4.32. The van der Waals surface area contributed by atoms with E-state index in [1.807, 2.05) is 13.2 Å². The molecule has 0 aliphatic rings. The van der Waals surface area contributed by atoms with E-state index in [0.29, 0.717) is 12.5 Å². The Morgan fingerprint density at radius 2 is 2.25 bits per heavy atom. The van der Waals surface area contributed by atoms with Gasteiger partial charge in [-0.25, -0.2) is 4.98 Å². The number of thiazole rings is 1. The Morgan fingerprint density at radius 1 is 1.44 bits per heavy atom. The smallest absolute Gasteiger partial charge is 0.183 e. The molecule has 0 radical (unpaired) electrons. The van der Waals surface area contributed by atoms with Gasteiger partial charge in [0.1, 0.15) is 0 Å².